The summed E-state index contributed by atoms with van der Waals surface area (Å²) in [6, 6.07) is 6.31. The van der Waals surface area contributed by atoms with Gasteiger partial charge in [0.1, 0.15) is 0 Å². The minimum Gasteiger partial charge on any atom is -0.350 e. The zero-order chi connectivity index (χ0) is 10.8. The summed E-state index contributed by atoms with van der Waals surface area (Å²) in [5.74, 6) is 0. The smallest absolute Gasteiger partial charge is 0.0491 e. The Balaban J connectivity index is 2.54. The summed E-state index contributed by atoms with van der Waals surface area (Å²) in [6.45, 7) is 0.751. The van der Waals surface area contributed by atoms with E-state index in [-0.39, 0.29) is 0 Å². The van der Waals surface area contributed by atoms with Gasteiger partial charge in [-0.2, -0.15) is 0 Å². The average molecular weight is 267 g/mol. The Morgan fingerprint density at radius 1 is 1.40 bits per heavy atom. The second-order valence-electron chi connectivity index (χ2n) is 3.79. The lowest BCUT2D eigenvalue weighted by Crippen LogP contribution is -1.99. The summed E-state index contributed by atoms with van der Waals surface area (Å²) in [5.41, 5.74) is 8.20. The Labute approximate surface area is 98.2 Å². The van der Waals surface area contributed by atoms with Gasteiger partial charge in [-0.1, -0.05) is 22.0 Å². The lowest BCUT2D eigenvalue weighted by Gasteiger charge is -1.99. The van der Waals surface area contributed by atoms with E-state index < -0.39 is 0 Å². The second kappa shape index (κ2) is 4.37. The van der Waals surface area contributed by atoms with Crippen LogP contribution in [-0.4, -0.2) is 11.1 Å². The third kappa shape index (κ3) is 1.94. The second-order valence-corrected chi connectivity index (χ2v) is 4.65. The summed E-state index contributed by atoms with van der Waals surface area (Å²) < 4.78 is 3.35. The van der Waals surface area contributed by atoms with Gasteiger partial charge < -0.3 is 10.3 Å². The third-order valence-corrected chi connectivity index (χ3v) is 3.35. The Kier molecular flexibility index (Phi) is 3.12. The molecule has 0 saturated heterocycles. The molecule has 0 bridgehead atoms. The highest BCUT2D eigenvalue weighted by molar-refractivity contribution is 9.10. The number of nitrogens with two attached hydrogens (primary N) is 1. The van der Waals surface area contributed by atoms with Crippen LogP contribution in [0.25, 0.3) is 10.9 Å². The van der Waals surface area contributed by atoms with Gasteiger partial charge in [0, 0.05) is 28.6 Å². The molecule has 0 aliphatic heterocycles. The van der Waals surface area contributed by atoms with Gasteiger partial charge in [0.05, 0.1) is 0 Å². The van der Waals surface area contributed by atoms with Crippen molar-refractivity contribution >= 4 is 26.8 Å². The van der Waals surface area contributed by atoms with Crippen LogP contribution in [0.2, 0.25) is 0 Å². The largest absolute Gasteiger partial charge is 0.350 e. The molecule has 2 rings (SSSR count). The molecule has 2 nitrogen and oxygen atoms in total. The molecule has 15 heavy (non-hydrogen) atoms. The van der Waals surface area contributed by atoms with Gasteiger partial charge in [-0.25, -0.2) is 0 Å². The van der Waals surface area contributed by atoms with Gasteiger partial charge in [0.25, 0.3) is 0 Å². The van der Waals surface area contributed by atoms with E-state index >= 15 is 0 Å². The molecule has 0 spiro atoms. The third-order valence-electron chi connectivity index (χ3n) is 2.69. The first-order valence-corrected chi connectivity index (χ1v) is 5.96. The van der Waals surface area contributed by atoms with Crippen LogP contribution in [0.4, 0.5) is 0 Å². The number of fused-ring (bicyclic) bond motifs is 1. The zero-order valence-electron chi connectivity index (χ0n) is 8.83. The number of aromatic nitrogens is 1. The molecule has 0 fully saturated rings. The van der Waals surface area contributed by atoms with E-state index in [0.29, 0.717) is 0 Å². The summed E-state index contributed by atoms with van der Waals surface area (Å²) in [7, 11) is 2.08. The van der Waals surface area contributed by atoms with Crippen molar-refractivity contribution in [2.75, 3.05) is 6.54 Å². The summed E-state index contributed by atoms with van der Waals surface area (Å²) >= 11 is 3.61. The van der Waals surface area contributed by atoms with Crippen LogP contribution >= 0.6 is 15.9 Å². The van der Waals surface area contributed by atoms with Crippen LogP contribution in [0.1, 0.15) is 12.0 Å². The van der Waals surface area contributed by atoms with Crippen LogP contribution in [0, 0.1) is 0 Å². The first-order valence-electron chi connectivity index (χ1n) is 5.16. The molecule has 2 N–H and O–H groups in total. The number of benzene rings is 1. The Morgan fingerprint density at radius 2 is 2.20 bits per heavy atom. The summed E-state index contributed by atoms with van der Waals surface area (Å²) in [5, 5.41) is 1.33. The quantitative estimate of drug-likeness (QED) is 0.910. The van der Waals surface area contributed by atoms with Crippen LogP contribution < -0.4 is 5.73 Å². The molecule has 0 atom stereocenters. The minimum atomic E-state index is 0.751. The molecule has 3 heteroatoms. The molecular formula is C12H15BrN2. The van der Waals surface area contributed by atoms with Crippen LogP contribution in [0.15, 0.2) is 28.9 Å². The van der Waals surface area contributed by atoms with Gasteiger partial charge in [0.15, 0.2) is 0 Å². The molecule has 1 aromatic carbocycles. The van der Waals surface area contributed by atoms with Gasteiger partial charge in [0.2, 0.25) is 0 Å². The number of hydrogen-bond donors (Lipinski definition) is 1. The molecule has 1 aromatic heterocycles. The first-order chi connectivity index (χ1) is 7.24. The zero-order valence-corrected chi connectivity index (χ0v) is 10.4. The van der Waals surface area contributed by atoms with E-state index in [1.807, 2.05) is 0 Å². The number of hydrogen-bond acceptors (Lipinski definition) is 1. The van der Waals surface area contributed by atoms with Crippen molar-refractivity contribution in [1.82, 2.24) is 4.57 Å². The predicted molar refractivity (Wildman–Crippen MR) is 68.0 cm³/mol. The molecule has 0 radical (unpaired) electrons. The lowest BCUT2D eigenvalue weighted by atomic mass is 10.1. The number of rotatable bonds is 3. The van der Waals surface area contributed by atoms with Crippen molar-refractivity contribution in [3.05, 3.63) is 34.4 Å². The van der Waals surface area contributed by atoms with Crippen molar-refractivity contribution in [2.24, 2.45) is 12.8 Å². The van der Waals surface area contributed by atoms with Crippen molar-refractivity contribution in [3.63, 3.8) is 0 Å². The molecule has 0 amide bonds. The van der Waals surface area contributed by atoms with E-state index in [0.717, 1.165) is 19.4 Å². The molecule has 1 heterocycles. The molecule has 80 valence electrons. The SMILES string of the molecule is Cn1cc(CCCN)c2c(Br)cccc21. The van der Waals surface area contributed by atoms with E-state index in [1.165, 1.54) is 20.9 Å². The van der Waals surface area contributed by atoms with E-state index in [2.05, 4.69) is 51.9 Å². The fourth-order valence-corrected chi connectivity index (χ4v) is 2.58. The summed E-state index contributed by atoms with van der Waals surface area (Å²) in [4.78, 5) is 0. The van der Waals surface area contributed by atoms with E-state index in [4.69, 9.17) is 5.73 Å². The standard InChI is InChI=1S/C12H15BrN2/c1-15-8-9(4-3-7-14)12-10(13)5-2-6-11(12)15/h2,5-6,8H,3-4,7,14H2,1H3. The van der Waals surface area contributed by atoms with Gasteiger partial charge in [-0.15, -0.1) is 0 Å². The monoisotopic (exact) mass is 266 g/mol. The van der Waals surface area contributed by atoms with Crippen LogP contribution in [0.5, 0.6) is 0 Å². The lowest BCUT2D eigenvalue weighted by molar-refractivity contribution is 0.830. The van der Waals surface area contributed by atoms with Gasteiger partial charge >= 0.3 is 0 Å². The molecule has 0 unspecified atom stereocenters. The Bertz CT molecular complexity index is 474. The molecule has 0 aliphatic carbocycles. The van der Waals surface area contributed by atoms with E-state index in [9.17, 15) is 0 Å². The van der Waals surface area contributed by atoms with Crippen molar-refractivity contribution in [2.45, 2.75) is 12.8 Å². The van der Waals surface area contributed by atoms with Crippen LogP contribution in [-0.2, 0) is 13.5 Å². The number of aryl methyl sites for hydroxylation is 2. The fraction of sp³-hybridized carbons (Fsp3) is 0.333. The normalized spacial score (nSPS) is 11.1. The fourth-order valence-electron chi connectivity index (χ4n) is 1.97. The van der Waals surface area contributed by atoms with Crippen molar-refractivity contribution < 1.29 is 0 Å². The molecule has 0 aliphatic rings. The topological polar surface area (TPSA) is 30.9 Å². The maximum atomic E-state index is 5.55. The van der Waals surface area contributed by atoms with E-state index in [1.54, 1.807) is 0 Å². The van der Waals surface area contributed by atoms with Gasteiger partial charge in [-0.05, 0) is 37.1 Å². The highest BCUT2D eigenvalue weighted by Crippen LogP contribution is 2.29. The average Bonchev–Trinajstić information content (AvgIpc) is 2.55. The number of nitrogens with zero attached hydrogens (tertiary/aromatic N) is 1. The molecule has 0 saturated carbocycles. The molecule has 2 aromatic rings. The minimum absolute atomic E-state index is 0.751. The Morgan fingerprint density at radius 3 is 2.93 bits per heavy atom. The van der Waals surface area contributed by atoms with Crippen molar-refractivity contribution in [1.29, 1.82) is 0 Å². The molecular weight excluding hydrogens is 252 g/mol. The number of halogens is 1. The van der Waals surface area contributed by atoms with Crippen LogP contribution in [0.3, 0.4) is 0 Å². The first kappa shape index (κ1) is 10.7. The maximum Gasteiger partial charge on any atom is 0.0491 e. The highest BCUT2D eigenvalue weighted by Gasteiger charge is 2.08. The van der Waals surface area contributed by atoms with Crippen molar-refractivity contribution in [3.8, 4) is 0 Å². The highest BCUT2D eigenvalue weighted by atomic mass is 79.9. The van der Waals surface area contributed by atoms with Gasteiger partial charge in [-0.3, -0.25) is 0 Å². The Hall–Kier alpha value is -0.800. The maximum absolute atomic E-state index is 5.55. The predicted octanol–water partition coefficient (Wildman–Crippen LogP) is 2.83. The summed E-state index contributed by atoms with van der Waals surface area (Å²) in [6.07, 6.45) is 4.29.